The number of aromatic nitrogens is 1. The van der Waals surface area contributed by atoms with E-state index in [0.717, 1.165) is 28.9 Å². The quantitative estimate of drug-likeness (QED) is 0.911. The lowest BCUT2D eigenvalue weighted by atomic mass is 9.83. The topological polar surface area (TPSA) is 42.4 Å². The third-order valence-corrected chi connectivity index (χ3v) is 4.63. The summed E-state index contributed by atoms with van der Waals surface area (Å²) in [5, 5.41) is 13.2. The lowest BCUT2D eigenvalue weighted by Gasteiger charge is -2.34. The van der Waals surface area contributed by atoms with Crippen LogP contribution >= 0.6 is 27.3 Å². The number of hydrogen-bond donors (Lipinski definition) is 1. The lowest BCUT2D eigenvalue weighted by Crippen LogP contribution is -2.35. The highest BCUT2D eigenvalue weighted by molar-refractivity contribution is 9.10. The molecule has 1 aliphatic rings. The first-order valence-corrected chi connectivity index (χ1v) is 6.68. The van der Waals surface area contributed by atoms with Crippen LogP contribution in [0.3, 0.4) is 0 Å². The summed E-state index contributed by atoms with van der Waals surface area (Å²) in [6, 6.07) is 0. The first kappa shape index (κ1) is 11.5. The van der Waals surface area contributed by atoms with E-state index in [2.05, 4.69) is 20.9 Å². The van der Waals surface area contributed by atoms with Gasteiger partial charge in [0.1, 0.15) is 15.2 Å². The Morgan fingerprint density at radius 2 is 2.53 bits per heavy atom. The van der Waals surface area contributed by atoms with Crippen molar-refractivity contribution in [3.63, 3.8) is 0 Å². The van der Waals surface area contributed by atoms with Crippen LogP contribution in [0.4, 0.5) is 0 Å². The highest BCUT2D eigenvalue weighted by Gasteiger charge is 2.38. The number of nitrogens with zero attached hydrogens (tertiary/aromatic N) is 1. The summed E-state index contributed by atoms with van der Waals surface area (Å²) in [6.45, 7) is 0. The maximum Gasteiger partial charge on any atom is 0.126 e. The molecule has 1 aliphatic carbocycles. The molecule has 3 nitrogen and oxygen atoms in total. The van der Waals surface area contributed by atoms with Gasteiger partial charge in [-0.1, -0.05) is 0 Å². The van der Waals surface area contributed by atoms with E-state index in [1.807, 2.05) is 5.38 Å². The molecule has 0 aromatic carbocycles. The van der Waals surface area contributed by atoms with Gasteiger partial charge in [0.25, 0.3) is 0 Å². The monoisotopic (exact) mass is 291 g/mol. The summed E-state index contributed by atoms with van der Waals surface area (Å²) in [5.74, 6) is 0. The van der Waals surface area contributed by atoms with Crippen molar-refractivity contribution in [1.29, 1.82) is 0 Å². The van der Waals surface area contributed by atoms with E-state index >= 15 is 0 Å². The van der Waals surface area contributed by atoms with Gasteiger partial charge >= 0.3 is 0 Å². The van der Waals surface area contributed by atoms with Crippen LogP contribution in [0.15, 0.2) is 9.98 Å². The van der Waals surface area contributed by atoms with Crippen LogP contribution in [0.25, 0.3) is 0 Å². The van der Waals surface area contributed by atoms with E-state index < -0.39 is 5.60 Å². The fraction of sp³-hybridized carbons (Fsp3) is 0.700. The maximum atomic E-state index is 10.5. The van der Waals surface area contributed by atoms with Gasteiger partial charge in [0.15, 0.2) is 0 Å². The average molecular weight is 292 g/mol. The van der Waals surface area contributed by atoms with E-state index in [9.17, 15) is 5.11 Å². The minimum absolute atomic E-state index is 0.159. The molecule has 1 N–H and O–H groups in total. The summed E-state index contributed by atoms with van der Waals surface area (Å²) in [5.41, 5.74) is -0.782. The Bertz CT molecular complexity index is 344. The smallest absolute Gasteiger partial charge is 0.126 e. The van der Waals surface area contributed by atoms with Crippen molar-refractivity contribution < 1.29 is 9.84 Å². The number of rotatable bonds is 2. The van der Waals surface area contributed by atoms with Crippen LogP contribution in [0, 0.1) is 0 Å². The zero-order valence-corrected chi connectivity index (χ0v) is 11.0. The minimum atomic E-state index is -0.782. The molecule has 0 aliphatic heterocycles. The largest absolute Gasteiger partial charge is 0.383 e. The van der Waals surface area contributed by atoms with E-state index in [0.29, 0.717) is 6.42 Å². The molecular weight excluding hydrogens is 278 g/mol. The highest BCUT2D eigenvalue weighted by atomic mass is 79.9. The van der Waals surface area contributed by atoms with E-state index in [-0.39, 0.29) is 6.10 Å². The molecule has 1 saturated carbocycles. The van der Waals surface area contributed by atoms with Crippen molar-refractivity contribution in [2.45, 2.75) is 37.4 Å². The van der Waals surface area contributed by atoms with E-state index in [4.69, 9.17) is 4.74 Å². The number of aliphatic hydroxyl groups is 1. The summed E-state index contributed by atoms with van der Waals surface area (Å²) < 4.78 is 6.12. The van der Waals surface area contributed by atoms with Crippen LogP contribution in [-0.2, 0) is 10.3 Å². The second-order valence-electron chi connectivity index (χ2n) is 3.96. The average Bonchev–Trinajstić information content (AvgIpc) is 2.65. The molecule has 0 amide bonds. The van der Waals surface area contributed by atoms with Gasteiger partial charge in [-0.25, -0.2) is 4.98 Å². The zero-order chi connectivity index (χ0) is 10.9. The normalized spacial score (nSPS) is 31.8. The van der Waals surface area contributed by atoms with Gasteiger partial charge in [0.05, 0.1) is 6.10 Å². The summed E-state index contributed by atoms with van der Waals surface area (Å²) in [7, 11) is 1.70. The van der Waals surface area contributed by atoms with Crippen LogP contribution < -0.4 is 0 Å². The predicted octanol–water partition coefficient (Wildman–Crippen LogP) is 2.68. The highest BCUT2D eigenvalue weighted by Crippen LogP contribution is 2.39. The fourth-order valence-corrected chi connectivity index (χ4v) is 3.46. The first-order chi connectivity index (χ1) is 7.14. The number of thiazole rings is 1. The molecule has 1 fully saturated rings. The van der Waals surface area contributed by atoms with E-state index in [1.165, 1.54) is 11.3 Å². The van der Waals surface area contributed by atoms with Gasteiger partial charge < -0.3 is 9.84 Å². The molecule has 1 heterocycles. The summed E-state index contributed by atoms with van der Waals surface area (Å²) in [4.78, 5) is 4.30. The third kappa shape index (κ3) is 2.41. The summed E-state index contributed by atoms with van der Waals surface area (Å²) >= 11 is 4.82. The van der Waals surface area contributed by atoms with Crippen molar-refractivity contribution >= 4 is 27.3 Å². The summed E-state index contributed by atoms with van der Waals surface area (Å²) in [6.07, 6.45) is 3.62. The van der Waals surface area contributed by atoms with Gasteiger partial charge in [0, 0.05) is 18.9 Å². The second kappa shape index (κ2) is 4.49. The Labute approximate surface area is 102 Å². The second-order valence-corrected chi connectivity index (χ2v) is 5.63. The molecule has 5 heteroatoms. The Hall–Kier alpha value is 0.0300. The molecule has 2 atom stereocenters. The molecule has 1 aromatic rings. The van der Waals surface area contributed by atoms with Crippen molar-refractivity contribution in [3.8, 4) is 0 Å². The Kier molecular flexibility index (Phi) is 3.45. The molecular formula is C10H14BrNO2S. The minimum Gasteiger partial charge on any atom is -0.383 e. The maximum absolute atomic E-state index is 10.5. The van der Waals surface area contributed by atoms with Crippen molar-refractivity contribution in [2.75, 3.05) is 7.11 Å². The van der Waals surface area contributed by atoms with Crippen molar-refractivity contribution in [2.24, 2.45) is 0 Å². The lowest BCUT2D eigenvalue weighted by molar-refractivity contribution is -0.0633. The van der Waals surface area contributed by atoms with Crippen LogP contribution in [0.5, 0.6) is 0 Å². The predicted molar refractivity (Wildman–Crippen MR) is 63.0 cm³/mol. The van der Waals surface area contributed by atoms with Gasteiger partial charge in [-0.15, -0.1) is 11.3 Å². The number of methoxy groups -OCH3 is 1. The molecule has 2 rings (SSSR count). The van der Waals surface area contributed by atoms with Gasteiger partial charge in [-0.3, -0.25) is 0 Å². The standard InChI is InChI=1S/C10H14BrNO2S/c1-14-7-3-2-4-10(13,5-7)9-12-8(11)6-15-9/h6-7,13H,2-5H2,1H3. The SMILES string of the molecule is COC1CCCC(O)(c2nc(Br)cs2)C1. The van der Waals surface area contributed by atoms with Crippen LogP contribution in [0.1, 0.15) is 30.7 Å². The third-order valence-electron chi connectivity index (χ3n) is 2.89. The van der Waals surface area contributed by atoms with Crippen LogP contribution in [-0.4, -0.2) is 23.3 Å². The van der Waals surface area contributed by atoms with Crippen molar-refractivity contribution in [3.05, 3.63) is 15.0 Å². The molecule has 1 aromatic heterocycles. The molecule has 0 saturated heterocycles. The Balaban J connectivity index is 2.18. The van der Waals surface area contributed by atoms with Crippen molar-refractivity contribution in [1.82, 2.24) is 4.98 Å². The molecule has 15 heavy (non-hydrogen) atoms. The van der Waals surface area contributed by atoms with Crippen LogP contribution in [0.2, 0.25) is 0 Å². The Morgan fingerprint density at radius 3 is 3.13 bits per heavy atom. The number of halogens is 1. The molecule has 84 valence electrons. The number of ether oxygens (including phenoxy) is 1. The van der Waals surface area contributed by atoms with E-state index in [1.54, 1.807) is 7.11 Å². The number of hydrogen-bond acceptors (Lipinski definition) is 4. The first-order valence-electron chi connectivity index (χ1n) is 5.01. The Morgan fingerprint density at radius 1 is 1.73 bits per heavy atom. The molecule has 0 radical (unpaired) electrons. The van der Waals surface area contributed by atoms with Gasteiger partial charge in [-0.2, -0.15) is 0 Å². The fourth-order valence-electron chi connectivity index (χ4n) is 2.07. The zero-order valence-electron chi connectivity index (χ0n) is 8.57. The molecule has 2 unspecified atom stereocenters. The van der Waals surface area contributed by atoms with Gasteiger partial charge in [-0.05, 0) is 35.2 Å². The van der Waals surface area contributed by atoms with Gasteiger partial charge in [0.2, 0.25) is 0 Å². The molecule has 0 spiro atoms. The molecule has 0 bridgehead atoms.